The van der Waals surface area contributed by atoms with Crippen LogP contribution in [0, 0.1) is 0 Å². The highest BCUT2D eigenvalue weighted by atomic mass is 16.7. The van der Waals surface area contributed by atoms with Crippen LogP contribution in [0.5, 0.6) is 0 Å². The first-order valence-electron chi connectivity index (χ1n) is 5.30. The number of esters is 1. The second-order valence-corrected chi connectivity index (χ2v) is 3.01. The number of ether oxygens (including phenoxy) is 2. The Morgan fingerprint density at radius 1 is 1.21 bits per heavy atom. The fraction of sp³-hybridized carbons (Fsp3) is 0.700. The van der Waals surface area contributed by atoms with E-state index < -0.39 is 11.9 Å². The standard InChI is InChI=1S/C4H6O3.2C3H6O3/c5-4-1-2-6-3-7-4;2*4-2-1-3(5)6/h1-3H2;2*4H,1-2H2,(H,5,6)/p-1. The van der Waals surface area contributed by atoms with Gasteiger partial charge in [-0.3, -0.25) is 9.59 Å². The molecule has 1 aliphatic heterocycles. The Morgan fingerprint density at radius 3 is 1.89 bits per heavy atom. The molecule has 19 heavy (non-hydrogen) atoms. The van der Waals surface area contributed by atoms with Crippen LogP contribution >= 0.6 is 0 Å². The summed E-state index contributed by atoms with van der Waals surface area (Å²) in [6.45, 7) is 0.0509. The minimum absolute atomic E-state index is 0.138. The molecule has 0 unspecified atom stereocenters. The van der Waals surface area contributed by atoms with E-state index >= 15 is 0 Å². The number of carboxylic acids is 2. The van der Waals surface area contributed by atoms with Crippen LogP contribution < -0.4 is 5.11 Å². The molecule has 1 saturated heterocycles. The van der Waals surface area contributed by atoms with E-state index in [9.17, 15) is 19.5 Å². The van der Waals surface area contributed by atoms with Crippen molar-refractivity contribution in [2.75, 3.05) is 26.6 Å². The average Bonchev–Trinajstić information content (AvgIpc) is 2.31. The molecule has 0 spiro atoms. The van der Waals surface area contributed by atoms with Crippen LogP contribution in [0.2, 0.25) is 0 Å². The molecule has 1 rings (SSSR count). The highest BCUT2D eigenvalue weighted by Crippen LogP contribution is 1.94. The Morgan fingerprint density at radius 2 is 1.79 bits per heavy atom. The molecular formula is C10H17O9-. The van der Waals surface area contributed by atoms with Crippen LogP contribution in [-0.4, -0.2) is 59.8 Å². The first-order chi connectivity index (χ1) is 8.93. The van der Waals surface area contributed by atoms with Gasteiger partial charge < -0.3 is 34.7 Å². The molecule has 0 bridgehead atoms. The lowest BCUT2D eigenvalue weighted by Crippen LogP contribution is -2.22. The summed E-state index contributed by atoms with van der Waals surface area (Å²) in [6.07, 6.45) is -0.0139. The summed E-state index contributed by atoms with van der Waals surface area (Å²) in [5.74, 6) is -2.33. The number of cyclic esters (lactones) is 1. The Hall–Kier alpha value is -1.71. The minimum Gasteiger partial charge on any atom is -0.550 e. The van der Waals surface area contributed by atoms with Crippen LogP contribution in [0.1, 0.15) is 19.3 Å². The smallest absolute Gasteiger partial charge is 0.310 e. The van der Waals surface area contributed by atoms with Crippen molar-refractivity contribution in [3.05, 3.63) is 0 Å². The van der Waals surface area contributed by atoms with Crippen LogP contribution in [0.3, 0.4) is 0 Å². The van der Waals surface area contributed by atoms with E-state index in [1.165, 1.54) is 0 Å². The van der Waals surface area contributed by atoms with Gasteiger partial charge in [0, 0.05) is 19.0 Å². The SMILES string of the molecule is O=C(O)CCO.O=C([O-])CCO.O=C1CCOCO1. The van der Waals surface area contributed by atoms with Gasteiger partial charge in [0.2, 0.25) is 0 Å². The maximum atomic E-state index is 10.2. The number of aliphatic carboxylic acids is 2. The maximum absolute atomic E-state index is 10.2. The molecule has 9 nitrogen and oxygen atoms in total. The second kappa shape index (κ2) is 14.4. The molecule has 1 heterocycles. The van der Waals surface area contributed by atoms with Gasteiger partial charge in [-0.1, -0.05) is 0 Å². The van der Waals surface area contributed by atoms with E-state index in [2.05, 4.69) is 4.74 Å². The molecule has 9 heteroatoms. The lowest BCUT2D eigenvalue weighted by Gasteiger charge is -2.09. The van der Waals surface area contributed by atoms with Gasteiger partial charge in [-0.15, -0.1) is 0 Å². The summed E-state index contributed by atoms with van der Waals surface area (Å²) in [7, 11) is 0. The van der Waals surface area contributed by atoms with Crippen molar-refractivity contribution in [2.24, 2.45) is 0 Å². The van der Waals surface area contributed by atoms with E-state index in [0.717, 1.165) is 0 Å². The van der Waals surface area contributed by atoms with Gasteiger partial charge >= 0.3 is 11.9 Å². The Labute approximate surface area is 109 Å². The van der Waals surface area contributed by atoms with Gasteiger partial charge in [-0.2, -0.15) is 0 Å². The van der Waals surface area contributed by atoms with Gasteiger partial charge in [0.25, 0.3) is 0 Å². The van der Waals surface area contributed by atoms with Crippen molar-refractivity contribution in [3.63, 3.8) is 0 Å². The third-order valence-corrected chi connectivity index (χ3v) is 1.40. The molecule has 1 aliphatic rings. The van der Waals surface area contributed by atoms with Crippen molar-refractivity contribution in [2.45, 2.75) is 19.3 Å². The third kappa shape index (κ3) is 22.0. The highest BCUT2D eigenvalue weighted by molar-refractivity contribution is 5.69. The number of hydrogen-bond donors (Lipinski definition) is 3. The van der Waals surface area contributed by atoms with Gasteiger partial charge in [0.1, 0.15) is 0 Å². The molecule has 0 atom stereocenters. The lowest BCUT2D eigenvalue weighted by atomic mass is 10.5. The van der Waals surface area contributed by atoms with Crippen molar-refractivity contribution in [1.29, 1.82) is 0 Å². The van der Waals surface area contributed by atoms with Crippen molar-refractivity contribution >= 4 is 17.9 Å². The number of rotatable bonds is 4. The van der Waals surface area contributed by atoms with E-state index in [0.29, 0.717) is 13.0 Å². The summed E-state index contributed by atoms with van der Waals surface area (Å²) in [5, 5.41) is 32.8. The quantitative estimate of drug-likeness (QED) is 0.473. The fourth-order valence-corrected chi connectivity index (χ4v) is 0.581. The van der Waals surface area contributed by atoms with Crippen LogP contribution in [0.4, 0.5) is 0 Å². The van der Waals surface area contributed by atoms with E-state index in [1.54, 1.807) is 0 Å². The Bertz CT molecular complexity index is 240. The number of aliphatic hydroxyl groups excluding tert-OH is 2. The molecule has 0 aromatic carbocycles. The first-order valence-corrected chi connectivity index (χ1v) is 5.30. The van der Waals surface area contributed by atoms with Crippen molar-refractivity contribution < 1.29 is 44.3 Å². The number of hydrogen-bond acceptors (Lipinski definition) is 8. The summed E-state index contributed by atoms with van der Waals surface area (Å²) >= 11 is 0. The fourth-order valence-electron chi connectivity index (χ4n) is 0.581. The number of aliphatic hydroxyl groups is 2. The predicted molar refractivity (Wildman–Crippen MR) is 57.6 cm³/mol. The lowest BCUT2D eigenvalue weighted by molar-refractivity contribution is -0.306. The molecule has 0 amide bonds. The zero-order valence-electron chi connectivity index (χ0n) is 10.2. The number of carboxylic acid groups (broad SMARTS) is 2. The van der Waals surface area contributed by atoms with Crippen molar-refractivity contribution in [3.8, 4) is 0 Å². The molecule has 0 saturated carbocycles. The largest absolute Gasteiger partial charge is 0.550 e. The summed E-state index contributed by atoms with van der Waals surface area (Å²) in [6, 6.07) is 0. The zero-order chi connectivity index (χ0) is 15.1. The van der Waals surface area contributed by atoms with Crippen LogP contribution in [0.15, 0.2) is 0 Å². The Kier molecular flexibility index (Phi) is 14.8. The second-order valence-electron chi connectivity index (χ2n) is 3.01. The topological polar surface area (TPSA) is 153 Å². The maximum Gasteiger partial charge on any atom is 0.310 e. The minimum atomic E-state index is -1.21. The van der Waals surface area contributed by atoms with Crippen molar-refractivity contribution in [1.82, 2.24) is 0 Å². The summed E-state index contributed by atoms with van der Waals surface area (Å²) in [5.41, 5.74) is 0. The zero-order valence-corrected chi connectivity index (χ0v) is 10.2. The van der Waals surface area contributed by atoms with Gasteiger partial charge in [0.05, 0.1) is 26.1 Å². The number of carbonyl (C=O) groups excluding carboxylic acids is 2. The molecule has 0 aromatic rings. The highest BCUT2D eigenvalue weighted by Gasteiger charge is 2.06. The molecule has 0 aliphatic carbocycles. The van der Waals surface area contributed by atoms with Gasteiger partial charge in [-0.25, -0.2) is 0 Å². The normalized spacial score (nSPS) is 13.1. The molecule has 3 N–H and O–H groups in total. The molecule has 0 aromatic heterocycles. The van der Waals surface area contributed by atoms with Gasteiger partial charge in [0.15, 0.2) is 6.79 Å². The molecule has 0 radical (unpaired) electrons. The third-order valence-electron chi connectivity index (χ3n) is 1.40. The van der Waals surface area contributed by atoms with Crippen LogP contribution in [0.25, 0.3) is 0 Å². The van der Waals surface area contributed by atoms with E-state index in [4.69, 9.17) is 20.1 Å². The molecule has 112 valence electrons. The first kappa shape index (κ1) is 19.6. The monoisotopic (exact) mass is 281 g/mol. The average molecular weight is 281 g/mol. The number of carbonyl (C=O) groups is 3. The van der Waals surface area contributed by atoms with Gasteiger partial charge in [-0.05, 0) is 0 Å². The molecule has 1 fully saturated rings. The molecular weight excluding hydrogens is 264 g/mol. The predicted octanol–water partition coefficient (Wildman–Crippen LogP) is -2.52. The summed E-state index contributed by atoms with van der Waals surface area (Å²) < 4.78 is 9.11. The van der Waals surface area contributed by atoms with E-state index in [-0.39, 0.29) is 38.8 Å². The van der Waals surface area contributed by atoms with Crippen LogP contribution in [-0.2, 0) is 23.9 Å². The van der Waals surface area contributed by atoms with E-state index in [1.807, 2.05) is 0 Å². The Balaban J connectivity index is 0. The summed E-state index contributed by atoms with van der Waals surface area (Å²) in [4.78, 5) is 28.9.